The van der Waals surface area contributed by atoms with Gasteiger partial charge in [-0.05, 0) is 143 Å². The molecule has 0 bridgehead atoms. The van der Waals surface area contributed by atoms with Crippen molar-refractivity contribution in [2.75, 3.05) is 9.80 Å². The highest BCUT2D eigenvalue weighted by Gasteiger charge is 2.14. The third-order valence-corrected chi connectivity index (χ3v) is 10.1. The van der Waals surface area contributed by atoms with Gasteiger partial charge in [0.25, 0.3) is 0 Å². The molecule has 0 atom stereocenters. The summed E-state index contributed by atoms with van der Waals surface area (Å²) >= 11 is 0. The van der Waals surface area contributed by atoms with Gasteiger partial charge in [-0.2, -0.15) is 0 Å². The first-order valence-corrected chi connectivity index (χ1v) is 19.6. The van der Waals surface area contributed by atoms with Gasteiger partial charge in [-0.3, -0.25) is 0 Å². The summed E-state index contributed by atoms with van der Waals surface area (Å²) in [6.45, 7) is 0. The largest absolute Gasteiger partial charge is 0.508 e. The quantitative estimate of drug-likeness (QED) is 0.115. The molecule has 2 N–H and O–H groups in total. The van der Waals surface area contributed by atoms with Crippen LogP contribution in [0, 0.1) is 0 Å². The van der Waals surface area contributed by atoms with Crippen LogP contribution in [0.2, 0.25) is 0 Å². The first-order valence-electron chi connectivity index (χ1n) is 19.6. The molecule has 58 heavy (non-hydrogen) atoms. The number of aryl methyl sites for hydroxylation is 2. The number of hydrogen-bond donors (Lipinski definition) is 2. The zero-order valence-electron chi connectivity index (χ0n) is 32.1. The zero-order valence-corrected chi connectivity index (χ0v) is 32.1. The topological polar surface area (TPSA) is 46.9 Å². The molecule has 0 aromatic heterocycles. The first-order chi connectivity index (χ1) is 28.5. The molecular formula is C54H44N2O2. The highest BCUT2D eigenvalue weighted by Crippen LogP contribution is 2.36. The Balaban J connectivity index is 0.946. The van der Waals surface area contributed by atoms with Crippen LogP contribution < -0.4 is 9.80 Å². The Labute approximate surface area is 341 Å². The molecule has 0 unspecified atom stereocenters. The number of rotatable bonds is 13. The average molecular weight is 753 g/mol. The Bertz CT molecular complexity index is 2380. The van der Waals surface area contributed by atoms with Crippen LogP contribution in [0.15, 0.2) is 206 Å². The lowest BCUT2D eigenvalue weighted by Crippen LogP contribution is -2.10. The highest BCUT2D eigenvalue weighted by molar-refractivity contribution is 5.80. The number of anilines is 6. The number of para-hydroxylation sites is 2. The van der Waals surface area contributed by atoms with E-state index in [-0.39, 0.29) is 11.5 Å². The molecule has 0 heterocycles. The Hall–Kier alpha value is -7.56. The standard InChI is InChI=1S/C54H44N2O2/c57-53-37-25-45(26-38-53)15-13-43-21-33-51(34-22-43)55(47-7-3-1-4-8-47)49-29-17-41(18-30-49)11-12-42-19-31-50(32-20-42)56(48-9-5-2-6-10-48)52-35-23-44(24-36-52)14-16-46-27-39-54(58)40-28-46/h1-10,13-40,57-58H,11-12H2/b15-13+,16-14+. The van der Waals surface area contributed by atoms with Crippen LogP contribution in [0.3, 0.4) is 0 Å². The van der Waals surface area contributed by atoms with Gasteiger partial charge in [-0.15, -0.1) is 0 Å². The maximum absolute atomic E-state index is 9.59. The monoisotopic (exact) mass is 752 g/mol. The maximum atomic E-state index is 9.59. The molecule has 0 radical (unpaired) electrons. The summed E-state index contributed by atoms with van der Waals surface area (Å²) in [4.78, 5) is 4.58. The summed E-state index contributed by atoms with van der Waals surface area (Å²) in [7, 11) is 0. The minimum absolute atomic E-state index is 0.268. The van der Waals surface area contributed by atoms with Gasteiger partial charge in [-0.1, -0.05) is 133 Å². The van der Waals surface area contributed by atoms with Crippen LogP contribution in [0.25, 0.3) is 24.3 Å². The Morgan fingerprint density at radius 2 is 0.517 bits per heavy atom. The van der Waals surface area contributed by atoms with E-state index in [1.165, 1.54) is 11.1 Å². The summed E-state index contributed by atoms with van der Waals surface area (Å²) in [6, 6.07) is 70.4. The second kappa shape index (κ2) is 17.9. The molecule has 282 valence electrons. The molecule has 0 saturated heterocycles. The molecule has 8 rings (SSSR count). The van der Waals surface area contributed by atoms with Crippen LogP contribution in [0.4, 0.5) is 34.1 Å². The van der Waals surface area contributed by atoms with Crippen molar-refractivity contribution < 1.29 is 10.2 Å². The Kier molecular flexibility index (Phi) is 11.6. The number of benzene rings is 8. The number of phenols is 2. The summed E-state index contributed by atoms with van der Waals surface area (Å²) in [5.41, 5.74) is 13.5. The van der Waals surface area contributed by atoms with Gasteiger partial charge in [0.15, 0.2) is 0 Å². The van der Waals surface area contributed by atoms with Crippen LogP contribution in [0.5, 0.6) is 11.5 Å². The van der Waals surface area contributed by atoms with Crippen LogP contribution in [-0.2, 0) is 12.8 Å². The molecule has 0 aliphatic heterocycles. The van der Waals surface area contributed by atoms with Crippen molar-refractivity contribution in [2.24, 2.45) is 0 Å². The summed E-state index contributed by atoms with van der Waals surface area (Å²) in [6.07, 6.45) is 10.2. The Morgan fingerprint density at radius 1 is 0.276 bits per heavy atom. The van der Waals surface area contributed by atoms with Gasteiger partial charge in [0.1, 0.15) is 11.5 Å². The molecule has 4 nitrogen and oxygen atoms in total. The SMILES string of the molecule is Oc1ccc(/C=C/c2ccc(N(c3ccccc3)c3ccc(CCc4ccc(N(c5ccccc5)c5ccc(/C=C/c6ccc(O)cc6)cc5)cc4)cc3)cc2)cc1. The second-order valence-electron chi connectivity index (χ2n) is 14.2. The van der Waals surface area contributed by atoms with Crippen molar-refractivity contribution in [3.05, 3.63) is 240 Å². The minimum atomic E-state index is 0.268. The van der Waals surface area contributed by atoms with E-state index >= 15 is 0 Å². The van der Waals surface area contributed by atoms with Gasteiger partial charge < -0.3 is 20.0 Å². The fourth-order valence-electron chi connectivity index (χ4n) is 6.99. The second-order valence-corrected chi connectivity index (χ2v) is 14.2. The van der Waals surface area contributed by atoms with E-state index in [9.17, 15) is 10.2 Å². The van der Waals surface area contributed by atoms with Gasteiger partial charge in [-0.25, -0.2) is 0 Å². The predicted octanol–water partition coefficient (Wildman–Crippen LogP) is 14.2. The molecule has 8 aromatic rings. The van der Waals surface area contributed by atoms with Crippen molar-refractivity contribution in [3.8, 4) is 11.5 Å². The van der Waals surface area contributed by atoms with Gasteiger partial charge in [0, 0.05) is 34.1 Å². The van der Waals surface area contributed by atoms with E-state index in [0.717, 1.165) is 69.2 Å². The maximum Gasteiger partial charge on any atom is 0.115 e. The third-order valence-electron chi connectivity index (χ3n) is 10.1. The number of nitrogens with zero attached hydrogens (tertiary/aromatic N) is 2. The lowest BCUT2D eigenvalue weighted by atomic mass is 10.0. The summed E-state index contributed by atoms with van der Waals surface area (Å²) in [5.74, 6) is 0.536. The van der Waals surface area contributed by atoms with E-state index in [4.69, 9.17) is 0 Å². The fourth-order valence-corrected chi connectivity index (χ4v) is 6.99. The van der Waals surface area contributed by atoms with Crippen LogP contribution in [0.1, 0.15) is 33.4 Å². The lowest BCUT2D eigenvalue weighted by Gasteiger charge is -2.26. The molecule has 0 aliphatic rings. The first kappa shape index (κ1) is 37.4. The summed E-state index contributed by atoms with van der Waals surface area (Å²) in [5, 5.41) is 19.2. The number of hydrogen-bond acceptors (Lipinski definition) is 4. The molecule has 8 aromatic carbocycles. The number of phenolic OH excluding ortho intramolecular Hbond substituents is 2. The van der Waals surface area contributed by atoms with E-state index in [2.05, 4.69) is 180 Å². The van der Waals surface area contributed by atoms with E-state index < -0.39 is 0 Å². The van der Waals surface area contributed by atoms with E-state index in [1.54, 1.807) is 24.3 Å². The molecule has 0 amide bonds. The van der Waals surface area contributed by atoms with Crippen molar-refractivity contribution in [1.29, 1.82) is 0 Å². The molecule has 0 saturated carbocycles. The normalized spacial score (nSPS) is 11.2. The van der Waals surface area contributed by atoms with Crippen molar-refractivity contribution in [2.45, 2.75) is 12.8 Å². The predicted molar refractivity (Wildman–Crippen MR) is 244 cm³/mol. The molecule has 4 heteroatoms. The lowest BCUT2D eigenvalue weighted by molar-refractivity contribution is 0.474. The Morgan fingerprint density at radius 3 is 0.810 bits per heavy atom. The van der Waals surface area contributed by atoms with E-state index in [1.807, 2.05) is 36.4 Å². The zero-order chi connectivity index (χ0) is 39.5. The molecular weight excluding hydrogens is 709 g/mol. The smallest absolute Gasteiger partial charge is 0.115 e. The molecule has 0 spiro atoms. The van der Waals surface area contributed by atoms with Crippen LogP contribution in [-0.4, -0.2) is 10.2 Å². The average Bonchev–Trinajstić information content (AvgIpc) is 3.28. The summed E-state index contributed by atoms with van der Waals surface area (Å²) < 4.78 is 0. The number of aromatic hydroxyl groups is 2. The fraction of sp³-hybridized carbons (Fsp3) is 0.0370. The van der Waals surface area contributed by atoms with Crippen molar-refractivity contribution >= 4 is 58.4 Å². The minimum Gasteiger partial charge on any atom is -0.508 e. The molecule has 0 aliphatic carbocycles. The highest BCUT2D eigenvalue weighted by atomic mass is 16.3. The van der Waals surface area contributed by atoms with Gasteiger partial charge >= 0.3 is 0 Å². The van der Waals surface area contributed by atoms with Crippen LogP contribution >= 0.6 is 0 Å². The van der Waals surface area contributed by atoms with Crippen molar-refractivity contribution in [1.82, 2.24) is 0 Å². The van der Waals surface area contributed by atoms with Gasteiger partial charge in [0.05, 0.1) is 0 Å². The van der Waals surface area contributed by atoms with Crippen molar-refractivity contribution in [3.63, 3.8) is 0 Å². The third kappa shape index (κ3) is 9.44. The molecule has 0 fully saturated rings. The van der Waals surface area contributed by atoms with E-state index in [0.29, 0.717) is 0 Å². The van der Waals surface area contributed by atoms with Gasteiger partial charge in [0.2, 0.25) is 0 Å².